The molecule has 0 spiro atoms. The molecule has 0 fully saturated rings. The lowest BCUT2D eigenvalue weighted by atomic mass is 10.1. The molecule has 2 amide bonds. The van der Waals surface area contributed by atoms with Gasteiger partial charge in [-0.2, -0.15) is 0 Å². The molecular weight excluding hydrogens is 590 g/mol. The summed E-state index contributed by atoms with van der Waals surface area (Å²) in [5, 5.41) is 9.60. The lowest BCUT2D eigenvalue weighted by Gasteiger charge is -2.08. The second-order valence-electron chi connectivity index (χ2n) is 14.2. The summed E-state index contributed by atoms with van der Waals surface area (Å²) in [7, 11) is 0. The average Bonchev–Trinajstić information content (AvgIpc) is 3.09. The van der Waals surface area contributed by atoms with Gasteiger partial charge in [0.05, 0.1) is 0 Å². The number of allylic oxidation sites excluding steroid dienone is 4. The summed E-state index contributed by atoms with van der Waals surface area (Å²) in [6, 6.07) is 0. The first-order valence-corrected chi connectivity index (χ1v) is 21.2. The van der Waals surface area contributed by atoms with Gasteiger partial charge in [0, 0.05) is 25.9 Å². The standard InChI is InChI=1S/C43H83N3O2/c1-3-5-7-9-11-13-15-17-19-21-23-25-27-29-31-36-42(47)45-40-34-33-38-44-39-35-41-46-43(48)37-32-30-28-26-24-22-20-18-16-14-12-10-8-6-4-2/h17-20,44H,3-16,21-41H2,1-2H3,(H,45,47)(H,46,48). The van der Waals surface area contributed by atoms with Crippen molar-refractivity contribution in [3.8, 4) is 0 Å². The van der Waals surface area contributed by atoms with Crippen molar-refractivity contribution in [1.29, 1.82) is 0 Å². The zero-order valence-corrected chi connectivity index (χ0v) is 32.4. The van der Waals surface area contributed by atoms with Crippen LogP contribution in [0.5, 0.6) is 0 Å². The minimum Gasteiger partial charge on any atom is -0.356 e. The fourth-order valence-electron chi connectivity index (χ4n) is 6.06. The van der Waals surface area contributed by atoms with Crippen LogP contribution in [0.2, 0.25) is 0 Å². The normalized spacial score (nSPS) is 11.6. The molecule has 0 saturated heterocycles. The molecule has 0 aromatic carbocycles. The molecule has 0 bridgehead atoms. The largest absolute Gasteiger partial charge is 0.356 e. The van der Waals surface area contributed by atoms with Crippen LogP contribution in [0.4, 0.5) is 0 Å². The van der Waals surface area contributed by atoms with Crippen LogP contribution in [-0.4, -0.2) is 38.0 Å². The van der Waals surface area contributed by atoms with Crippen molar-refractivity contribution < 1.29 is 9.59 Å². The summed E-state index contributed by atoms with van der Waals surface area (Å²) in [6.45, 7) is 7.97. The first kappa shape index (κ1) is 46.4. The minimum atomic E-state index is 0.199. The van der Waals surface area contributed by atoms with Crippen LogP contribution in [-0.2, 0) is 9.59 Å². The SMILES string of the molecule is CCCCCCCCC=CCCCCCCCC(=O)NCCCCNCCCNC(=O)CCCCCCCC=CCCCCCCCC. The second-order valence-corrected chi connectivity index (χ2v) is 14.2. The number of carbonyl (C=O) groups excluding carboxylic acids is 2. The number of amides is 2. The van der Waals surface area contributed by atoms with E-state index in [4.69, 9.17) is 0 Å². The number of hydrogen-bond acceptors (Lipinski definition) is 3. The molecule has 0 unspecified atom stereocenters. The van der Waals surface area contributed by atoms with Gasteiger partial charge < -0.3 is 16.0 Å². The Kier molecular flexibility index (Phi) is 40.1. The maximum atomic E-state index is 12.1. The molecule has 0 heterocycles. The lowest BCUT2D eigenvalue weighted by molar-refractivity contribution is -0.122. The van der Waals surface area contributed by atoms with Crippen LogP contribution < -0.4 is 16.0 Å². The smallest absolute Gasteiger partial charge is 0.219 e. The fourth-order valence-corrected chi connectivity index (χ4v) is 6.06. The van der Waals surface area contributed by atoms with Crippen molar-refractivity contribution in [2.45, 2.75) is 213 Å². The Morgan fingerprint density at radius 2 is 0.667 bits per heavy atom. The second kappa shape index (κ2) is 41.6. The summed E-state index contributed by atoms with van der Waals surface area (Å²) >= 11 is 0. The highest BCUT2D eigenvalue weighted by Crippen LogP contribution is 2.11. The monoisotopic (exact) mass is 674 g/mol. The molecule has 3 N–H and O–H groups in total. The molecule has 282 valence electrons. The molecular formula is C43H83N3O2. The van der Waals surface area contributed by atoms with Crippen LogP contribution in [0.15, 0.2) is 24.3 Å². The molecule has 0 atom stereocenters. The molecule has 0 aliphatic rings. The molecule has 0 saturated carbocycles. The van der Waals surface area contributed by atoms with E-state index in [-0.39, 0.29) is 11.8 Å². The van der Waals surface area contributed by atoms with E-state index in [2.05, 4.69) is 54.1 Å². The molecule has 48 heavy (non-hydrogen) atoms. The van der Waals surface area contributed by atoms with E-state index in [0.717, 1.165) is 71.1 Å². The zero-order chi connectivity index (χ0) is 34.9. The van der Waals surface area contributed by atoms with Crippen molar-refractivity contribution in [1.82, 2.24) is 16.0 Å². The van der Waals surface area contributed by atoms with Gasteiger partial charge in [-0.25, -0.2) is 0 Å². The first-order valence-electron chi connectivity index (χ1n) is 21.2. The van der Waals surface area contributed by atoms with E-state index < -0.39 is 0 Å². The maximum Gasteiger partial charge on any atom is 0.219 e. The lowest BCUT2D eigenvalue weighted by Crippen LogP contribution is -2.28. The van der Waals surface area contributed by atoms with E-state index in [1.54, 1.807) is 0 Å². The fraction of sp³-hybridized carbons (Fsp3) is 0.860. The van der Waals surface area contributed by atoms with Crippen molar-refractivity contribution >= 4 is 11.8 Å². The molecule has 0 aromatic rings. The Bertz CT molecular complexity index is 661. The van der Waals surface area contributed by atoms with Crippen LogP contribution in [0.3, 0.4) is 0 Å². The van der Waals surface area contributed by atoms with Gasteiger partial charge in [-0.15, -0.1) is 0 Å². The molecule has 5 nitrogen and oxygen atoms in total. The summed E-state index contributed by atoms with van der Waals surface area (Å²) in [5.74, 6) is 0.406. The Hall–Kier alpha value is -1.62. The van der Waals surface area contributed by atoms with Crippen LogP contribution in [0.1, 0.15) is 213 Å². The van der Waals surface area contributed by atoms with E-state index in [0.29, 0.717) is 12.8 Å². The summed E-state index contributed by atoms with van der Waals surface area (Å²) in [4.78, 5) is 24.1. The zero-order valence-electron chi connectivity index (χ0n) is 32.4. The third-order valence-corrected chi connectivity index (χ3v) is 9.29. The summed E-state index contributed by atoms with van der Waals surface area (Å²) in [6.07, 6.45) is 47.2. The van der Waals surface area contributed by atoms with E-state index >= 15 is 0 Å². The third kappa shape index (κ3) is 40.6. The van der Waals surface area contributed by atoms with Crippen molar-refractivity contribution in [2.24, 2.45) is 0 Å². The topological polar surface area (TPSA) is 70.2 Å². The number of nitrogens with one attached hydrogen (secondary N) is 3. The molecule has 0 radical (unpaired) electrons. The highest BCUT2D eigenvalue weighted by atomic mass is 16.2. The molecule has 0 aliphatic carbocycles. The molecule has 0 rings (SSSR count). The quantitative estimate of drug-likeness (QED) is 0.0449. The van der Waals surface area contributed by atoms with Gasteiger partial charge in [-0.3, -0.25) is 9.59 Å². The van der Waals surface area contributed by atoms with E-state index in [9.17, 15) is 9.59 Å². The average molecular weight is 674 g/mol. The predicted molar refractivity (Wildman–Crippen MR) is 212 cm³/mol. The number of unbranched alkanes of at least 4 members (excludes halogenated alkanes) is 23. The van der Waals surface area contributed by atoms with Crippen molar-refractivity contribution in [3.05, 3.63) is 24.3 Å². The van der Waals surface area contributed by atoms with Crippen LogP contribution in [0.25, 0.3) is 0 Å². The predicted octanol–water partition coefficient (Wildman–Crippen LogP) is 12.1. The van der Waals surface area contributed by atoms with Gasteiger partial charge in [0.1, 0.15) is 0 Å². The highest BCUT2D eigenvalue weighted by molar-refractivity contribution is 5.76. The van der Waals surface area contributed by atoms with Crippen LogP contribution in [0, 0.1) is 0 Å². The van der Waals surface area contributed by atoms with Crippen molar-refractivity contribution in [2.75, 3.05) is 26.2 Å². The number of rotatable bonds is 39. The molecule has 0 aliphatic heterocycles. The Labute approximate surface area is 300 Å². The molecule has 5 heteroatoms. The minimum absolute atomic E-state index is 0.199. The van der Waals surface area contributed by atoms with Crippen LogP contribution >= 0.6 is 0 Å². The third-order valence-electron chi connectivity index (χ3n) is 9.29. The van der Waals surface area contributed by atoms with Gasteiger partial charge in [0.2, 0.25) is 11.8 Å². The number of hydrogen-bond donors (Lipinski definition) is 3. The Balaban J connectivity index is 3.29. The summed E-state index contributed by atoms with van der Waals surface area (Å²) < 4.78 is 0. The van der Waals surface area contributed by atoms with Crippen molar-refractivity contribution in [3.63, 3.8) is 0 Å². The van der Waals surface area contributed by atoms with E-state index in [1.807, 2.05) is 0 Å². The van der Waals surface area contributed by atoms with Gasteiger partial charge in [0.15, 0.2) is 0 Å². The molecule has 0 aromatic heterocycles. The first-order chi connectivity index (χ1) is 23.7. The Morgan fingerprint density at radius 3 is 1.08 bits per heavy atom. The highest BCUT2D eigenvalue weighted by Gasteiger charge is 2.02. The van der Waals surface area contributed by atoms with E-state index in [1.165, 1.54) is 141 Å². The maximum absolute atomic E-state index is 12.1. The van der Waals surface area contributed by atoms with Gasteiger partial charge >= 0.3 is 0 Å². The number of carbonyl (C=O) groups is 2. The van der Waals surface area contributed by atoms with Gasteiger partial charge in [-0.1, -0.05) is 141 Å². The Morgan fingerprint density at radius 1 is 0.354 bits per heavy atom. The summed E-state index contributed by atoms with van der Waals surface area (Å²) in [5.41, 5.74) is 0. The van der Waals surface area contributed by atoms with Gasteiger partial charge in [0.25, 0.3) is 0 Å². The van der Waals surface area contributed by atoms with Gasteiger partial charge in [-0.05, 0) is 96.6 Å².